The lowest BCUT2D eigenvalue weighted by atomic mass is 10.1. The molecule has 0 aliphatic carbocycles. The van der Waals surface area contributed by atoms with E-state index in [1.807, 2.05) is 13.8 Å². The summed E-state index contributed by atoms with van der Waals surface area (Å²) in [6.07, 6.45) is 3.61. The first-order valence-corrected chi connectivity index (χ1v) is 3.70. The maximum absolute atomic E-state index is 9.34. The quantitative estimate of drug-likeness (QED) is 0.693. The Kier molecular flexibility index (Phi) is 2.54. The van der Waals surface area contributed by atoms with E-state index in [1.54, 1.807) is 12.4 Å². The van der Waals surface area contributed by atoms with Crippen LogP contribution in [0.4, 0.5) is 0 Å². The van der Waals surface area contributed by atoms with Crippen molar-refractivity contribution in [2.24, 2.45) is 0 Å². The fourth-order valence-electron chi connectivity index (χ4n) is 0.810. The second-order valence-electron chi connectivity index (χ2n) is 2.49. The first-order chi connectivity index (χ1) is 5.24. The predicted octanol–water partition coefficient (Wildman–Crippen LogP) is 1.23. The van der Waals surface area contributed by atoms with Gasteiger partial charge in [-0.2, -0.15) is 0 Å². The van der Waals surface area contributed by atoms with Crippen LogP contribution in [0.15, 0.2) is 12.4 Å². The molecule has 0 unspecified atom stereocenters. The van der Waals surface area contributed by atoms with Crippen LogP contribution in [0.25, 0.3) is 0 Å². The Morgan fingerprint density at radius 2 is 2.00 bits per heavy atom. The fourth-order valence-corrected chi connectivity index (χ4v) is 0.810. The first-order valence-electron chi connectivity index (χ1n) is 3.70. The van der Waals surface area contributed by atoms with E-state index in [1.165, 1.54) is 0 Å². The highest BCUT2D eigenvalue weighted by molar-refractivity contribution is 5.07. The summed E-state index contributed by atoms with van der Waals surface area (Å²) in [4.78, 5) is 7.95. The molecular formula is C8H12N2O. The van der Waals surface area contributed by atoms with E-state index in [2.05, 4.69) is 9.97 Å². The number of hydrogen-bond donors (Lipinski definition) is 1. The highest BCUT2D eigenvalue weighted by Gasteiger charge is 2.03. The Morgan fingerprint density at radius 3 is 2.45 bits per heavy atom. The zero-order valence-electron chi connectivity index (χ0n) is 6.78. The minimum atomic E-state index is -0.421. The van der Waals surface area contributed by atoms with Crippen LogP contribution in [0.3, 0.4) is 0 Å². The smallest absolute Gasteiger partial charge is 0.125 e. The molecule has 1 heterocycles. The van der Waals surface area contributed by atoms with Gasteiger partial charge in [-0.3, -0.25) is 0 Å². The number of rotatable bonds is 2. The number of aryl methyl sites for hydroxylation is 1. The second-order valence-corrected chi connectivity index (χ2v) is 2.49. The molecule has 0 amide bonds. The van der Waals surface area contributed by atoms with Gasteiger partial charge < -0.3 is 5.11 Å². The van der Waals surface area contributed by atoms with Crippen LogP contribution in [0.5, 0.6) is 0 Å². The van der Waals surface area contributed by atoms with Crippen LogP contribution in [-0.2, 0) is 0 Å². The molecule has 1 rings (SSSR count). The molecule has 3 heteroatoms. The van der Waals surface area contributed by atoms with Crippen molar-refractivity contribution in [2.45, 2.75) is 26.4 Å². The van der Waals surface area contributed by atoms with Crippen LogP contribution in [0.1, 0.15) is 30.8 Å². The molecule has 1 atom stereocenters. The molecule has 1 aromatic heterocycles. The summed E-state index contributed by atoms with van der Waals surface area (Å²) in [5, 5.41) is 9.34. The molecule has 0 radical (unpaired) electrons. The molecule has 0 aliphatic heterocycles. The molecule has 1 aromatic rings. The Labute approximate surface area is 66.1 Å². The summed E-state index contributed by atoms with van der Waals surface area (Å²) < 4.78 is 0. The van der Waals surface area contributed by atoms with Crippen molar-refractivity contribution in [2.75, 3.05) is 0 Å². The number of aliphatic hydroxyl groups excluding tert-OH is 1. The standard InChI is InChI=1S/C8H12N2O/c1-3-8(11)7-4-9-6(2)10-5-7/h4-5,8,11H,3H2,1-2H3/t8-/m1/s1. The maximum Gasteiger partial charge on any atom is 0.125 e. The van der Waals surface area contributed by atoms with E-state index in [9.17, 15) is 5.11 Å². The Morgan fingerprint density at radius 1 is 1.45 bits per heavy atom. The van der Waals surface area contributed by atoms with Crippen LogP contribution >= 0.6 is 0 Å². The predicted molar refractivity (Wildman–Crippen MR) is 42.0 cm³/mol. The molecule has 1 N–H and O–H groups in total. The van der Waals surface area contributed by atoms with Crippen molar-refractivity contribution in [1.82, 2.24) is 9.97 Å². The van der Waals surface area contributed by atoms with Gasteiger partial charge in [0.05, 0.1) is 6.10 Å². The normalized spacial score (nSPS) is 13.0. The van der Waals surface area contributed by atoms with Crippen LogP contribution in [0, 0.1) is 6.92 Å². The van der Waals surface area contributed by atoms with Gasteiger partial charge in [-0.25, -0.2) is 9.97 Å². The van der Waals surface area contributed by atoms with Crippen molar-refractivity contribution < 1.29 is 5.11 Å². The lowest BCUT2D eigenvalue weighted by Crippen LogP contribution is -1.98. The number of aromatic nitrogens is 2. The maximum atomic E-state index is 9.34. The van der Waals surface area contributed by atoms with Crippen molar-refractivity contribution in [1.29, 1.82) is 0 Å². The Hall–Kier alpha value is -0.960. The van der Waals surface area contributed by atoms with E-state index in [-0.39, 0.29) is 0 Å². The summed E-state index contributed by atoms with van der Waals surface area (Å²) in [5.41, 5.74) is 0.790. The van der Waals surface area contributed by atoms with Crippen LogP contribution in [0.2, 0.25) is 0 Å². The lowest BCUT2D eigenvalue weighted by Gasteiger charge is -2.05. The van der Waals surface area contributed by atoms with E-state index in [0.717, 1.165) is 11.4 Å². The van der Waals surface area contributed by atoms with Crippen molar-refractivity contribution in [3.05, 3.63) is 23.8 Å². The summed E-state index contributed by atoms with van der Waals surface area (Å²) >= 11 is 0. The summed E-state index contributed by atoms with van der Waals surface area (Å²) in [6, 6.07) is 0. The molecule has 0 aliphatic rings. The van der Waals surface area contributed by atoms with Gasteiger partial charge in [-0.05, 0) is 13.3 Å². The monoisotopic (exact) mass is 152 g/mol. The fraction of sp³-hybridized carbons (Fsp3) is 0.500. The largest absolute Gasteiger partial charge is 0.388 e. The van der Waals surface area contributed by atoms with Gasteiger partial charge in [-0.1, -0.05) is 6.92 Å². The average molecular weight is 152 g/mol. The molecule has 0 aromatic carbocycles. The van der Waals surface area contributed by atoms with E-state index < -0.39 is 6.10 Å². The third-order valence-electron chi connectivity index (χ3n) is 1.57. The van der Waals surface area contributed by atoms with Gasteiger partial charge in [0.2, 0.25) is 0 Å². The third-order valence-corrected chi connectivity index (χ3v) is 1.57. The summed E-state index contributed by atoms with van der Waals surface area (Å²) in [6.45, 7) is 3.74. The molecule has 0 saturated heterocycles. The SMILES string of the molecule is CC[C@@H](O)c1cnc(C)nc1. The van der Waals surface area contributed by atoms with Gasteiger partial charge in [-0.15, -0.1) is 0 Å². The Balaban J connectivity index is 2.81. The van der Waals surface area contributed by atoms with Gasteiger partial charge in [0, 0.05) is 18.0 Å². The second kappa shape index (κ2) is 3.44. The lowest BCUT2D eigenvalue weighted by molar-refractivity contribution is 0.173. The molecular weight excluding hydrogens is 140 g/mol. The zero-order valence-corrected chi connectivity index (χ0v) is 6.78. The Bertz CT molecular complexity index is 220. The number of aliphatic hydroxyl groups is 1. The van der Waals surface area contributed by atoms with E-state index in [0.29, 0.717) is 6.42 Å². The van der Waals surface area contributed by atoms with Gasteiger partial charge in [0.1, 0.15) is 5.82 Å². The molecule has 0 fully saturated rings. The molecule has 60 valence electrons. The van der Waals surface area contributed by atoms with Crippen molar-refractivity contribution in [3.63, 3.8) is 0 Å². The minimum Gasteiger partial charge on any atom is -0.388 e. The molecule has 0 saturated carbocycles. The number of hydrogen-bond acceptors (Lipinski definition) is 3. The molecule has 11 heavy (non-hydrogen) atoms. The highest BCUT2D eigenvalue weighted by Crippen LogP contribution is 2.12. The molecule has 0 bridgehead atoms. The van der Waals surface area contributed by atoms with Crippen LogP contribution < -0.4 is 0 Å². The van der Waals surface area contributed by atoms with E-state index in [4.69, 9.17) is 0 Å². The van der Waals surface area contributed by atoms with Crippen LogP contribution in [-0.4, -0.2) is 15.1 Å². The third kappa shape index (κ3) is 1.98. The van der Waals surface area contributed by atoms with Gasteiger partial charge in [0.25, 0.3) is 0 Å². The summed E-state index contributed by atoms with van der Waals surface area (Å²) in [5.74, 6) is 0.733. The van der Waals surface area contributed by atoms with Gasteiger partial charge in [0.15, 0.2) is 0 Å². The van der Waals surface area contributed by atoms with Gasteiger partial charge >= 0.3 is 0 Å². The zero-order chi connectivity index (χ0) is 8.27. The summed E-state index contributed by atoms with van der Waals surface area (Å²) in [7, 11) is 0. The topological polar surface area (TPSA) is 46.0 Å². The van der Waals surface area contributed by atoms with Crippen molar-refractivity contribution in [3.8, 4) is 0 Å². The van der Waals surface area contributed by atoms with Crippen molar-refractivity contribution >= 4 is 0 Å². The average Bonchev–Trinajstić information content (AvgIpc) is 2.05. The van der Waals surface area contributed by atoms with E-state index >= 15 is 0 Å². The molecule has 3 nitrogen and oxygen atoms in total. The highest BCUT2D eigenvalue weighted by atomic mass is 16.3. The first kappa shape index (κ1) is 8.14. The molecule has 0 spiro atoms. The number of nitrogens with zero attached hydrogens (tertiary/aromatic N) is 2. The minimum absolute atomic E-state index is 0.421.